The maximum atomic E-state index is 12.5. The average molecular weight is 441 g/mol. The fraction of sp³-hybridized carbons (Fsp3) is 0.455. The molecule has 1 unspecified atom stereocenters. The van der Waals surface area contributed by atoms with Crippen LogP contribution in [0.15, 0.2) is 45.3 Å². The molecular weight excluding hydrogens is 412 g/mol. The van der Waals surface area contributed by atoms with Crippen molar-refractivity contribution in [1.29, 1.82) is 0 Å². The van der Waals surface area contributed by atoms with Crippen molar-refractivity contribution in [3.63, 3.8) is 0 Å². The van der Waals surface area contributed by atoms with Crippen molar-refractivity contribution in [1.82, 2.24) is 20.7 Å². The molecule has 2 aromatic heterocycles. The van der Waals surface area contributed by atoms with Gasteiger partial charge < -0.3 is 18.7 Å². The summed E-state index contributed by atoms with van der Waals surface area (Å²) in [6.45, 7) is 9.10. The third-order valence-corrected chi connectivity index (χ3v) is 8.89. The molecule has 0 aliphatic heterocycles. The lowest BCUT2D eigenvalue weighted by molar-refractivity contribution is 0.0893. The van der Waals surface area contributed by atoms with E-state index in [1.807, 2.05) is 30.3 Å². The van der Waals surface area contributed by atoms with Crippen LogP contribution in [0, 0.1) is 0 Å². The van der Waals surface area contributed by atoms with E-state index in [9.17, 15) is 4.79 Å². The van der Waals surface area contributed by atoms with Crippen LogP contribution in [0.4, 0.5) is 0 Å². The maximum Gasteiger partial charge on any atom is 0.273 e. The fourth-order valence-electron chi connectivity index (χ4n) is 3.25. The summed E-state index contributed by atoms with van der Waals surface area (Å²) in [5.74, 6) is 1.61. The first kappa shape index (κ1) is 21.4. The summed E-state index contributed by atoms with van der Waals surface area (Å²) >= 11 is 0. The highest BCUT2D eigenvalue weighted by molar-refractivity contribution is 6.53. The predicted molar refractivity (Wildman–Crippen MR) is 117 cm³/mol. The Morgan fingerprint density at radius 2 is 1.97 bits per heavy atom. The Morgan fingerprint density at radius 1 is 1.23 bits per heavy atom. The molecule has 1 N–H and O–H groups in total. The standard InChI is InChI=1S/C22H28N4O4Si/c1-22(2,3)31(4)28-13-19-24-25-21(29-19)15-10-16(11-15)23-20(27)17-12-18(30-26-17)14-8-6-5-7-9-14/h5-9,12,15-16,31H,10-11,13H2,1-4H3,(H,23,27). The van der Waals surface area contributed by atoms with Gasteiger partial charge in [-0.3, -0.25) is 4.79 Å². The number of amides is 1. The lowest BCUT2D eigenvalue weighted by Crippen LogP contribution is -2.43. The number of nitrogens with zero attached hydrogens (tertiary/aromatic N) is 3. The summed E-state index contributed by atoms with van der Waals surface area (Å²) < 4.78 is 17.0. The predicted octanol–water partition coefficient (Wildman–Crippen LogP) is 4.07. The van der Waals surface area contributed by atoms with E-state index in [0.29, 0.717) is 24.1 Å². The normalized spacial score (nSPS) is 19.6. The van der Waals surface area contributed by atoms with Gasteiger partial charge in [-0.15, -0.1) is 10.2 Å². The molecule has 1 atom stereocenters. The molecule has 2 heterocycles. The van der Waals surface area contributed by atoms with Crippen LogP contribution in [0.5, 0.6) is 0 Å². The molecule has 1 aliphatic carbocycles. The van der Waals surface area contributed by atoms with Crippen LogP contribution in [0.2, 0.25) is 11.6 Å². The van der Waals surface area contributed by atoms with E-state index in [1.54, 1.807) is 6.07 Å². The number of aromatic nitrogens is 3. The van der Waals surface area contributed by atoms with Gasteiger partial charge in [-0.25, -0.2) is 0 Å². The minimum atomic E-state index is -1.33. The van der Waals surface area contributed by atoms with Gasteiger partial charge in [0.05, 0.1) is 0 Å². The zero-order chi connectivity index (χ0) is 22.0. The van der Waals surface area contributed by atoms with Crippen molar-refractivity contribution in [2.24, 2.45) is 0 Å². The Morgan fingerprint density at radius 3 is 2.68 bits per heavy atom. The topological polar surface area (TPSA) is 103 Å². The Bertz CT molecular complexity index is 1020. The van der Waals surface area contributed by atoms with Crippen molar-refractivity contribution >= 4 is 14.9 Å². The largest absolute Gasteiger partial charge is 0.423 e. The van der Waals surface area contributed by atoms with Gasteiger partial charge in [0.25, 0.3) is 5.91 Å². The van der Waals surface area contributed by atoms with Crippen LogP contribution >= 0.6 is 0 Å². The fourth-order valence-corrected chi connectivity index (χ4v) is 4.15. The number of hydrogen-bond acceptors (Lipinski definition) is 7. The van der Waals surface area contributed by atoms with Crippen LogP contribution in [-0.2, 0) is 11.0 Å². The molecular formula is C22H28N4O4Si. The van der Waals surface area contributed by atoms with Gasteiger partial charge in [0, 0.05) is 23.6 Å². The van der Waals surface area contributed by atoms with Crippen molar-refractivity contribution in [2.75, 3.05) is 0 Å². The summed E-state index contributed by atoms with van der Waals surface area (Å²) in [7, 11) is -1.33. The van der Waals surface area contributed by atoms with Crippen LogP contribution < -0.4 is 5.32 Å². The number of carbonyl (C=O) groups is 1. The summed E-state index contributed by atoms with van der Waals surface area (Å²) in [5, 5.41) is 15.4. The van der Waals surface area contributed by atoms with Gasteiger partial charge in [0.15, 0.2) is 20.5 Å². The SMILES string of the molecule is C[SiH](OCc1nnc(C2CC(NC(=O)c3cc(-c4ccccc4)on3)C2)o1)C(C)(C)C. The van der Waals surface area contributed by atoms with Crippen LogP contribution in [0.1, 0.15) is 61.8 Å². The third-order valence-electron chi connectivity index (χ3n) is 5.78. The molecule has 31 heavy (non-hydrogen) atoms. The molecule has 3 aromatic rings. The monoisotopic (exact) mass is 440 g/mol. The Hall–Kier alpha value is -2.78. The van der Waals surface area contributed by atoms with Gasteiger partial charge >= 0.3 is 0 Å². The van der Waals surface area contributed by atoms with E-state index >= 15 is 0 Å². The molecule has 164 valence electrons. The van der Waals surface area contributed by atoms with Gasteiger partial charge in [-0.05, 0) is 24.4 Å². The first-order valence-electron chi connectivity index (χ1n) is 10.6. The van der Waals surface area contributed by atoms with E-state index in [0.717, 1.165) is 18.4 Å². The first-order valence-corrected chi connectivity index (χ1v) is 12.8. The van der Waals surface area contributed by atoms with Gasteiger partial charge in [-0.2, -0.15) is 0 Å². The number of hydrogen-bond donors (Lipinski definition) is 1. The zero-order valence-electron chi connectivity index (χ0n) is 18.3. The summed E-state index contributed by atoms with van der Waals surface area (Å²) in [6, 6.07) is 11.3. The van der Waals surface area contributed by atoms with Crippen molar-refractivity contribution in [3.8, 4) is 11.3 Å². The summed E-state index contributed by atoms with van der Waals surface area (Å²) in [6.07, 6.45) is 1.51. The van der Waals surface area contributed by atoms with Crippen LogP contribution in [0.3, 0.4) is 0 Å². The Labute approximate surface area is 183 Å². The zero-order valence-corrected chi connectivity index (χ0v) is 19.4. The summed E-state index contributed by atoms with van der Waals surface area (Å²) in [4.78, 5) is 12.5. The number of carbonyl (C=O) groups excluding carboxylic acids is 1. The molecule has 1 fully saturated rings. The lowest BCUT2D eigenvalue weighted by Gasteiger charge is -2.33. The second-order valence-electron chi connectivity index (χ2n) is 9.13. The minimum Gasteiger partial charge on any atom is -0.423 e. The first-order chi connectivity index (χ1) is 14.8. The van der Waals surface area contributed by atoms with Crippen molar-refractivity contribution in [3.05, 3.63) is 53.9 Å². The van der Waals surface area contributed by atoms with Gasteiger partial charge in [0.1, 0.15) is 6.61 Å². The van der Waals surface area contributed by atoms with Crippen LogP contribution in [-0.4, -0.2) is 36.3 Å². The average Bonchev–Trinajstić information content (AvgIpc) is 3.38. The van der Waals surface area contributed by atoms with E-state index in [4.69, 9.17) is 13.4 Å². The van der Waals surface area contributed by atoms with Gasteiger partial charge in [-0.1, -0.05) is 56.3 Å². The molecule has 1 aliphatic rings. The second-order valence-corrected chi connectivity index (χ2v) is 12.5. The molecule has 1 saturated carbocycles. The number of benzene rings is 1. The molecule has 0 radical (unpaired) electrons. The molecule has 0 spiro atoms. The minimum absolute atomic E-state index is 0.0503. The molecule has 4 rings (SSSR count). The molecule has 8 nitrogen and oxygen atoms in total. The number of nitrogens with one attached hydrogen (secondary N) is 1. The molecule has 9 heteroatoms. The second kappa shape index (κ2) is 8.76. The Balaban J connectivity index is 1.25. The highest BCUT2D eigenvalue weighted by Gasteiger charge is 2.36. The number of rotatable bonds is 7. The highest BCUT2D eigenvalue weighted by atomic mass is 28.3. The smallest absolute Gasteiger partial charge is 0.273 e. The molecule has 1 aromatic carbocycles. The van der Waals surface area contributed by atoms with E-state index < -0.39 is 9.04 Å². The highest BCUT2D eigenvalue weighted by Crippen LogP contribution is 2.36. The summed E-state index contributed by atoms with van der Waals surface area (Å²) in [5.41, 5.74) is 1.16. The quantitative estimate of drug-likeness (QED) is 0.552. The van der Waals surface area contributed by atoms with Crippen molar-refractivity contribution in [2.45, 2.75) is 63.8 Å². The van der Waals surface area contributed by atoms with E-state index in [2.05, 4.69) is 48.0 Å². The molecule has 0 bridgehead atoms. The third kappa shape index (κ3) is 5.11. The van der Waals surface area contributed by atoms with E-state index in [1.165, 1.54) is 0 Å². The van der Waals surface area contributed by atoms with Gasteiger partial charge in [0.2, 0.25) is 11.8 Å². The molecule has 0 saturated heterocycles. The lowest BCUT2D eigenvalue weighted by atomic mass is 9.80. The molecule has 1 amide bonds. The Kier molecular flexibility index (Phi) is 6.06. The van der Waals surface area contributed by atoms with E-state index in [-0.39, 0.29) is 28.6 Å². The van der Waals surface area contributed by atoms with Crippen LogP contribution in [0.25, 0.3) is 11.3 Å². The maximum absolute atomic E-state index is 12.5. The van der Waals surface area contributed by atoms with Crippen molar-refractivity contribution < 1.29 is 18.2 Å².